The average molecular weight is 473 g/mol. The molecule has 3 aromatic rings. The molecule has 5 N–H and O–H groups in total. The molecule has 6 atom stereocenters. The molecule has 2 saturated carbocycles. The second-order valence-electron chi connectivity index (χ2n) is 8.82. The van der Waals surface area contributed by atoms with Gasteiger partial charge in [-0.25, -0.2) is 14.6 Å². The van der Waals surface area contributed by atoms with E-state index >= 15 is 0 Å². The largest absolute Gasteiger partial charge is 0.508 e. The smallest absolute Gasteiger partial charge is 0.191 e. The van der Waals surface area contributed by atoms with Crippen LogP contribution in [0.2, 0.25) is 0 Å². The molecule has 0 amide bonds. The van der Waals surface area contributed by atoms with Crippen molar-refractivity contribution in [3.63, 3.8) is 0 Å². The summed E-state index contributed by atoms with van der Waals surface area (Å²) in [6, 6.07) is 6.90. The molecule has 0 aliphatic heterocycles. The summed E-state index contributed by atoms with van der Waals surface area (Å²) in [6.07, 6.45) is 0.210. The van der Waals surface area contributed by atoms with Crippen LogP contribution >= 0.6 is 11.8 Å². The molecule has 2 aliphatic rings. The van der Waals surface area contributed by atoms with E-state index in [4.69, 9.17) is 4.98 Å². The van der Waals surface area contributed by atoms with Gasteiger partial charge in [-0.15, -0.1) is 5.10 Å². The number of nitrogens with one attached hydrogen (secondary N) is 1. The first-order chi connectivity index (χ1) is 16.0. The topological polar surface area (TPSA) is 149 Å². The van der Waals surface area contributed by atoms with Gasteiger partial charge in [-0.3, -0.25) is 0 Å². The van der Waals surface area contributed by atoms with Gasteiger partial charge in [0.25, 0.3) is 0 Å². The highest BCUT2D eigenvalue weighted by atomic mass is 32.2. The Morgan fingerprint density at radius 2 is 1.91 bits per heavy atom. The monoisotopic (exact) mass is 472 g/mol. The van der Waals surface area contributed by atoms with Crippen LogP contribution in [-0.4, -0.2) is 76.0 Å². The molecule has 176 valence electrons. The number of aliphatic hydroxyl groups excluding tert-OH is 3. The number of fused-ring (bicyclic) bond motifs is 1. The fraction of sp³-hybridized carbons (Fsp3) is 0.545. The zero-order valence-corrected chi connectivity index (χ0v) is 19.1. The van der Waals surface area contributed by atoms with Gasteiger partial charge < -0.3 is 25.7 Å². The lowest BCUT2D eigenvalue weighted by atomic mass is 10.1. The van der Waals surface area contributed by atoms with Crippen LogP contribution in [0.5, 0.6) is 5.75 Å². The van der Waals surface area contributed by atoms with Crippen LogP contribution in [0, 0.1) is 5.92 Å². The third-order valence-corrected chi connectivity index (χ3v) is 7.55. The van der Waals surface area contributed by atoms with E-state index in [-0.39, 0.29) is 18.4 Å². The Hall–Kier alpha value is -2.47. The Labute approximate surface area is 195 Å². The van der Waals surface area contributed by atoms with Gasteiger partial charge in [-0.05, 0) is 37.0 Å². The number of hydrogen-bond acceptors (Lipinski definition) is 10. The Morgan fingerprint density at radius 3 is 2.61 bits per heavy atom. The number of benzene rings is 1. The zero-order valence-electron chi connectivity index (χ0n) is 18.2. The molecule has 2 fully saturated rings. The van der Waals surface area contributed by atoms with Gasteiger partial charge in [0, 0.05) is 30.2 Å². The van der Waals surface area contributed by atoms with Gasteiger partial charge in [0.2, 0.25) is 0 Å². The third-order valence-electron chi connectivity index (χ3n) is 6.49. The van der Waals surface area contributed by atoms with Gasteiger partial charge in [-0.2, -0.15) is 0 Å². The third kappa shape index (κ3) is 4.25. The first-order valence-electron chi connectivity index (χ1n) is 11.3. The van der Waals surface area contributed by atoms with E-state index in [1.54, 1.807) is 28.6 Å². The normalized spacial score (nSPS) is 29.0. The standard InChI is InChI=1S/C22H28N6O4S/c1-2-7-33-22-24-20(23-15-9-14(15)11-3-5-13(30)6-4-11)17-21(25-22)28(27-26-17)16-8-12(10-29)18(31)19(16)32/h3-6,12,14-16,18-19,29-32H,2,7-10H2,1H3,(H,23,24,25)/t12-,14?,15?,16-,18-,19+/m1/s1. The molecule has 0 saturated heterocycles. The molecule has 0 spiro atoms. The summed E-state index contributed by atoms with van der Waals surface area (Å²) < 4.78 is 1.56. The lowest BCUT2D eigenvalue weighted by molar-refractivity contribution is -0.00512. The fourth-order valence-electron chi connectivity index (χ4n) is 4.53. The second-order valence-corrected chi connectivity index (χ2v) is 9.88. The minimum atomic E-state index is -1.06. The quantitative estimate of drug-likeness (QED) is 0.242. The van der Waals surface area contributed by atoms with E-state index in [0.717, 1.165) is 24.2 Å². The Morgan fingerprint density at radius 1 is 1.12 bits per heavy atom. The first-order valence-corrected chi connectivity index (χ1v) is 12.3. The number of aromatic hydroxyl groups is 1. The van der Waals surface area contributed by atoms with E-state index in [1.807, 2.05) is 12.1 Å². The van der Waals surface area contributed by atoms with Crippen LogP contribution in [0.3, 0.4) is 0 Å². The molecule has 5 rings (SSSR count). The predicted molar refractivity (Wildman–Crippen MR) is 123 cm³/mol. The SMILES string of the molecule is CCCSc1nc(NC2CC2c2ccc(O)cc2)c2nnn([C@@H]3C[C@H](CO)[C@@H](O)[C@H]3O)c2n1. The second kappa shape index (κ2) is 9.05. The van der Waals surface area contributed by atoms with Crippen molar-refractivity contribution < 1.29 is 20.4 Å². The maximum atomic E-state index is 10.6. The molecule has 1 aromatic carbocycles. The number of aliphatic hydroxyl groups is 3. The van der Waals surface area contributed by atoms with Crippen molar-refractivity contribution in [3.05, 3.63) is 29.8 Å². The van der Waals surface area contributed by atoms with Crippen LogP contribution < -0.4 is 5.32 Å². The molecule has 33 heavy (non-hydrogen) atoms. The van der Waals surface area contributed by atoms with Crippen molar-refractivity contribution in [2.24, 2.45) is 5.92 Å². The van der Waals surface area contributed by atoms with Crippen LogP contribution in [-0.2, 0) is 0 Å². The molecule has 2 unspecified atom stereocenters. The number of anilines is 1. The maximum absolute atomic E-state index is 10.6. The fourth-order valence-corrected chi connectivity index (χ4v) is 5.23. The van der Waals surface area contributed by atoms with E-state index in [1.165, 1.54) is 0 Å². The molecule has 2 aromatic heterocycles. The Kier molecular flexibility index (Phi) is 6.12. The maximum Gasteiger partial charge on any atom is 0.191 e. The summed E-state index contributed by atoms with van der Waals surface area (Å²) in [6.45, 7) is 1.88. The van der Waals surface area contributed by atoms with E-state index in [9.17, 15) is 20.4 Å². The van der Waals surface area contributed by atoms with Gasteiger partial charge >= 0.3 is 0 Å². The van der Waals surface area contributed by atoms with Gasteiger partial charge in [0.05, 0.1) is 12.1 Å². The highest BCUT2D eigenvalue weighted by molar-refractivity contribution is 7.99. The number of phenols is 1. The number of nitrogens with zero attached hydrogens (tertiary/aromatic N) is 5. The molecule has 2 heterocycles. The lowest BCUT2D eigenvalue weighted by Gasteiger charge is -2.17. The van der Waals surface area contributed by atoms with Gasteiger partial charge in [-0.1, -0.05) is 36.0 Å². The molecular weight excluding hydrogens is 444 g/mol. The van der Waals surface area contributed by atoms with E-state index < -0.39 is 24.2 Å². The van der Waals surface area contributed by atoms with Gasteiger partial charge in [0.1, 0.15) is 11.9 Å². The first kappa shape index (κ1) is 22.3. The summed E-state index contributed by atoms with van der Waals surface area (Å²) in [5, 5.41) is 52.6. The van der Waals surface area contributed by atoms with Crippen molar-refractivity contribution in [1.29, 1.82) is 0 Å². The number of thioether (sulfide) groups is 1. The number of rotatable bonds is 8. The zero-order chi connectivity index (χ0) is 23.1. The van der Waals surface area contributed by atoms with Crippen molar-refractivity contribution >= 4 is 28.7 Å². The number of hydrogen-bond donors (Lipinski definition) is 5. The number of phenolic OH excluding ortho intramolecular Hbond substituents is 1. The van der Waals surface area contributed by atoms with E-state index in [0.29, 0.717) is 34.5 Å². The summed E-state index contributed by atoms with van der Waals surface area (Å²) in [4.78, 5) is 9.37. The molecule has 2 aliphatic carbocycles. The van der Waals surface area contributed by atoms with Crippen molar-refractivity contribution in [3.8, 4) is 5.75 Å². The van der Waals surface area contributed by atoms with Crippen molar-refractivity contribution in [2.75, 3.05) is 17.7 Å². The minimum absolute atomic E-state index is 0.180. The average Bonchev–Trinajstić information content (AvgIpc) is 3.35. The highest BCUT2D eigenvalue weighted by Gasteiger charge is 2.44. The number of aromatic nitrogens is 5. The summed E-state index contributed by atoms with van der Waals surface area (Å²) in [7, 11) is 0. The van der Waals surface area contributed by atoms with Crippen molar-refractivity contribution in [2.45, 2.75) is 61.6 Å². The summed E-state index contributed by atoms with van der Waals surface area (Å²) in [5.74, 6) is 1.61. The summed E-state index contributed by atoms with van der Waals surface area (Å²) in [5.41, 5.74) is 2.17. The molecule has 10 nitrogen and oxygen atoms in total. The van der Waals surface area contributed by atoms with Gasteiger partial charge in [0.15, 0.2) is 22.1 Å². The predicted octanol–water partition coefficient (Wildman–Crippen LogP) is 1.67. The van der Waals surface area contributed by atoms with Crippen LogP contribution in [0.25, 0.3) is 11.2 Å². The summed E-state index contributed by atoms with van der Waals surface area (Å²) >= 11 is 1.55. The van der Waals surface area contributed by atoms with E-state index in [2.05, 4.69) is 27.5 Å². The Balaban J connectivity index is 1.45. The molecule has 0 radical (unpaired) electrons. The minimum Gasteiger partial charge on any atom is -0.508 e. The van der Waals surface area contributed by atoms with Crippen LogP contribution in [0.15, 0.2) is 29.4 Å². The van der Waals surface area contributed by atoms with Crippen LogP contribution in [0.1, 0.15) is 43.7 Å². The van der Waals surface area contributed by atoms with Crippen molar-refractivity contribution in [1.82, 2.24) is 25.0 Å². The van der Waals surface area contributed by atoms with Crippen LogP contribution in [0.4, 0.5) is 5.82 Å². The molecular formula is C22H28N6O4S. The lowest BCUT2D eigenvalue weighted by Crippen LogP contribution is -2.30. The molecule has 0 bridgehead atoms. The highest BCUT2D eigenvalue weighted by Crippen LogP contribution is 2.44. The Bertz CT molecular complexity index is 1130. The molecule has 11 heteroatoms.